The van der Waals surface area contributed by atoms with E-state index in [-0.39, 0.29) is 30.8 Å². The molecule has 25 heavy (non-hydrogen) atoms. The molecular weight excluding hydrogens is 326 g/mol. The van der Waals surface area contributed by atoms with Crippen molar-refractivity contribution in [1.29, 1.82) is 0 Å². The third-order valence-electron chi connectivity index (χ3n) is 4.36. The van der Waals surface area contributed by atoms with Crippen LogP contribution in [0.2, 0.25) is 0 Å². The summed E-state index contributed by atoms with van der Waals surface area (Å²) >= 11 is 0. The van der Waals surface area contributed by atoms with Crippen LogP contribution in [0.3, 0.4) is 0 Å². The van der Waals surface area contributed by atoms with Crippen LogP contribution in [0.15, 0.2) is 0 Å². The normalized spacial score (nSPS) is 17.0. The Morgan fingerprint density at radius 2 is 1.92 bits per heavy atom. The predicted molar refractivity (Wildman–Crippen MR) is 91.7 cm³/mol. The number of piperidine rings is 1. The van der Waals surface area contributed by atoms with Crippen LogP contribution in [0.25, 0.3) is 0 Å². The number of likely N-dealkylation sites (N-methyl/N-ethyl adjacent to an activating group) is 1. The second kappa shape index (κ2) is 10.7. The van der Waals surface area contributed by atoms with Crippen molar-refractivity contribution in [2.75, 3.05) is 33.2 Å². The number of unbranched alkanes of at least 4 members (excludes halogenated alkanes) is 2. The van der Waals surface area contributed by atoms with Gasteiger partial charge in [0.2, 0.25) is 17.7 Å². The van der Waals surface area contributed by atoms with E-state index in [4.69, 9.17) is 5.11 Å². The molecule has 0 aliphatic carbocycles. The van der Waals surface area contributed by atoms with Gasteiger partial charge in [0.1, 0.15) is 0 Å². The lowest BCUT2D eigenvalue weighted by Crippen LogP contribution is -2.46. The Balaban J connectivity index is 2.26. The van der Waals surface area contributed by atoms with E-state index in [1.54, 1.807) is 11.9 Å². The molecule has 2 N–H and O–H groups in total. The third kappa shape index (κ3) is 8.00. The smallest absolute Gasteiger partial charge is 0.308 e. The van der Waals surface area contributed by atoms with Gasteiger partial charge in [-0.3, -0.25) is 19.2 Å². The van der Waals surface area contributed by atoms with Gasteiger partial charge in [-0.15, -0.1) is 0 Å². The Morgan fingerprint density at radius 3 is 2.56 bits per heavy atom. The Labute approximate surface area is 148 Å². The maximum atomic E-state index is 12.3. The topological polar surface area (TPSA) is 107 Å². The fourth-order valence-corrected chi connectivity index (χ4v) is 2.83. The number of likely N-dealkylation sites (tertiary alicyclic amines) is 1. The fourth-order valence-electron chi connectivity index (χ4n) is 2.83. The number of carbonyl (C=O) groups excluding carboxylic acids is 3. The Kier molecular flexibility index (Phi) is 8.94. The van der Waals surface area contributed by atoms with E-state index in [0.29, 0.717) is 38.8 Å². The first-order chi connectivity index (χ1) is 11.8. The molecule has 1 unspecified atom stereocenters. The van der Waals surface area contributed by atoms with Crippen LogP contribution in [-0.4, -0.2) is 71.8 Å². The van der Waals surface area contributed by atoms with Gasteiger partial charge in [0.05, 0.1) is 12.5 Å². The summed E-state index contributed by atoms with van der Waals surface area (Å²) in [6, 6.07) is 0. The Morgan fingerprint density at radius 1 is 1.20 bits per heavy atom. The number of aliphatic carboxylic acids is 1. The van der Waals surface area contributed by atoms with Crippen molar-refractivity contribution in [2.24, 2.45) is 5.92 Å². The molecule has 1 saturated heterocycles. The number of carbonyl (C=O) groups is 4. The quantitative estimate of drug-likeness (QED) is 0.585. The molecule has 0 aromatic carbocycles. The number of hydrogen-bond acceptors (Lipinski definition) is 4. The molecule has 1 heterocycles. The van der Waals surface area contributed by atoms with E-state index in [1.807, 2.05) is 0 Å². The summed E-state index contributed by atoms with van der Waals surface area (Å²) < 4.78 is 0. The van der Waals surface area contributed by atoms with Gasteiger partial charge in [0.15, 0.2) is 0 Å². The molecule has 0 radical (unpaired) electrons. The summed E-state index contributed by atoms with van der Waals surface area (Å²) in [6.45, 7) is 2.83. The number of nitrogens with zero attached hydrogens (tertiary/aromatic N) is 2. The highest BCUT2D eigenvalue weighted by Gasteiger charge is 2.28. The van der Waals surface area contributed by atoms with Gasteiger partial charge in [-0.2, -0.15) is 0 Å². The average Bonchev–Trinajstić information content (AvgIpc) is 2.57. The fraction of sp³-hybridized carbons (Fsp3) is 0.765. The van der Waals surface area contributed by atoms with Crippen LogP contribution >= 0.6 is 0 Å². The second-order valence-corrected chi connectivity index (χ2v) is 6.56. The lowest BCUT2D eigenvalue weighted by Gasteiger charge is -2.32. The second-order valence-electron chi connectivity index (χ2n) is 6.56. The molecule has 1 fully saturated rings. The zero-order valence-corrected chi connectivity index (χ0v) is 15.1. The molecule has 0 aromatic rings. The number of carboxylic acid groups (broad SMARTS) is 1. The molecular formula is C17H29N3O5. The Hall–Kier alpha value is -2.12. The van der Waals surface area contributed by atoms with Crippen LogP contribution in [0.1, 0.15) is 45.4 Å². The van der Waals surface area contributed by atoms with Crippen molar-refractivity contribution >= 4 is 23.7 Å². The highest BCUT2D eigenvalue weighted by molar-refractivity contribution is 5.85. The lowest BCUT2D eigenvalue weighted by molar-refractivity contribution is -0.147. The first kappa shape index (κ1) is 20.9. The predicted octanol–water partition coefficient (Wildman–Crippen LogP) is 0.465. The van der Waals surface area contributed by atoms with E-state index in [0.717, 1.165) is 12.8 Å². The summed E-state index contributed by atoms with van der Waals surface area (Å²) in [5.41, 5.74) is 0. The molecule has 0 aromatic heterocycles. The first-order valence-corrected chi connectivity index (χ1v) is 8.80. The van der Waals surface area contributed by atoms with E-state index < -0.39 is 11.9 Å². The average molecular weight is 355 g/mol. The maximum absolute atomic E-state index is 12.3. The SMILES string of the molecule is CC(=O)NCCCCCC(=O)N(C)CC(=O)N1CCCC(C(=O)O)C1. The standard InChI is InChI=1S/C17H29N3O5/c1-13(21)18-9-5-3-4-8-15(22)19(2)12-16(23)20-10-6-7-14(11-20)17(24)25/h14H,3-12H2,1-2H3,(H,18,21)(H,24,25). The molecule has 8 nitrogen and oxygen atoms in total. The van der Waals surface area contributed by atoms with Gasteiger partial charge in [-0.05, 0) is 25.7 Å². The van der Waals surface area contributed by atoms with Crippen LogP contribution in [0.5, 0.6) is 0 Å². The minimum Gasteiger partial charge on any atom is -0.481 e. The van der Waals surface area contributed by atoms with Gasteiger partial charge in [0, 0.05) is 40.0 Å². The van der Waals surface area contributed by atoms with Crippen LogP contribution in [0.4, 0.5) is 0 Å². The van der Waals surface area contributed by atoms with Gasteiger partial charge in [-0.1, -0.05) is 6.42 Å². The van der Waals surface area contributed by atoms with Gasteiger partial charge >= 0.3 is 5.97 Å². The summed E-state index contributed by atoms with van der Waals surface area (Å²) in [7, 11) is 1.59. The monoisotopic (exact) mass is 355 g/mol. The first-order valence-electron chi connectivity index (χ1n) is 8.80. The van der Waals surface area contributed by atoms with E-state index in [9.17, 15) is 19.2 Å². The van der Waals surface area contributed by atoms with E-state index >= 15 is 0 Å². The molecule has 3 amide bonds. The Bertz CT molecular complexity index is 495. The highest BCUT2D eigenvalue weighted by Crippen LogP contribution is 2.17. The molecule has 1 aliphatic heterocycles. The molecule has 1 atom stereocenters. The van der Waals surface area contributed by atoms with Gasteiger partial charge < -0.3 is 20.2 Å². The van der Waals surface area contributed by atoms with Crippen molar-refractivity contribution in [3.05, 3.63) is 0 Å². The van der Waals surface area contributed by atoms with Gasteiger partial charge in [0.25, 0.3) is 0 Å². The van der Waals surface area contributed by atoms with Gasteiger partial charge in [-0.25, -0.2) is 0 Å². The molecule has 8 heteroatoms. The molecule has 0 spiro atoms. The minimum absolute atomic E-state index is 0.0168. The number of rotatable bonds is 9. The number of nitrogens with one attached hydrogen (secondary N) is 1. The maximum Gasteiger partial charge on any atom is 0.308 e. The summed E-state index contributed by atoms with van der Waals surface area (Å²) in [5, 5.41) is 11.8. The van der Waals surface area contributed by atoms with Crippen LogP contribution in [0, 0.1) is 5.92 Å². The van der Waals surface area contributed by atoms with E-state index in [2.05, 4.69) is 5.32 Å². The van der Waals surface area contributed by atoms with Crippen molar-refractivity contribution in [3.8, 4) is 0 Å². The van der Waals surface area contributed by atoms with Crippen molar-refractivity contribution in [2.45, 2.75) is 45.4 Å². The number of hydrogen-bond donors (Lipinski definition) is 2. The largest absolute Gasteiger partial charge is 0.481 e. The van der Waals surface area contributed by atoms with E-state index in [1.165, 1.54) is 11.8 Å². The minimum atomic E-state index is -0.874. The molecule has 142 valence electrons. The zero-order chi connectivity index (χ0) is 18.8. The molecule has 1 rings (SSSR count). The lowest BCUT2D eigenvalue weighted by atomic mass is 9.98. The van der Waals surface area contributed by atoms with Crippen molar-refractivity contribution in [3.63, 3.8) is 0 Å². The summed E-state index contributed by atoms with van der Waals surface area (Å²) in [6.07, 6.45) is 3.99. The highest BCUT2D eigenvalue weighted by atomic mass is 16.4. The zero-order valence-electron chi connectivity index (χ0n) is 15.1. The third-order valence-corrected chi connectivity index (χ3v) is 4.36. The van der Waals surface area contributed by atoms with Crippen LogP contribution < -0.4 is 5.32 Å². The molecule has 0 saturated carbocycles. The summed E-state index contributed by atoms with van der Waals surface area (Å²) in [5.74, 6) is -1.74. The molecule has 0 bridgehead atoms. The number of carboxylic acids is 1. The molecule has 1 aliphatic rings. The van der Waals surface area contributed by atoms with Crippen LogP contribution in [-0.2, 0) is 19.2 Å². The number of amides is 3. The van der Waals surface area contributed by atoms with Crippen molar-refractivity contribution < 1.29 is 24.3 Å². The van der Waals surface area contributed by atoms with Crippen molar-refractivity contribution in [1.82, 2.24) is 15.1 Å². The summed E-state index contributed by atoms with van der Waals surface area (Å²) in [4.78, 5) is 49.1.